The molecule has 1 rings (SSSR count). The van der Waals surface area contributed by atoms with E-state index in [0.717, 1.165) is 4.90 Å². The largest absolute Gasteiger partial charge is 0.480 e. The molecule has 1 fully saturated rings. The number of carboxylic acid groups (broad SMARTS) is 1. The Balaban J connectivity index is 2.98. The fraction of sp³-hybridized carbons (Fsp3) is 0.714. The van der Waals surface area contributed by atoms with Gasteiger partial charge >= 0.3 is 17.9 Å². The second-order valence-electron chi connectivity index (χ2n) is 5.39. The van der Waals surface area contributed by atoms with E-state index in [-0.39, 0.29) is 19.4 Å². The van der Waals surface area contributed by atoms with E-state index in [1.54, 1.807) is 13.8 Å². The topological polar surface area (TPSA) is 110 Å². The number of hydrogen-bond acceptors (Lipinski definition) is 6. The normalized spacial score (nSPS) is 24.0. The van der Waals surface area contributed by atoms with Crippen LogP contribution >= 0.6 is 0 Å². The van der Waals surface area contributed by atoms with Crippen LogP contribution in [0, 0.1) is 0 Å². The minimum Gasteiger partial charge on any atom is -0.480 e. The Labute approximate surface area is 128 Å². The van der Waals surface area contributed by atoms with Gasteiger partial charge in [-0.3, -0.25) is 14.4 Å². The molecule has 2 atom stereocenters. The number of carbonyl (C=O) groups excluding carboxylic acids is 3. The maximum absolute atomic E-state index is 12.3. The smallest absolute Gasteiger partial charge is 0.326 e. The maximum atomic E-state index is 12.3. The highest BCUT2D eigenvalue weighted by atomic mass is 16.5. The highest BCUT2D eigenvalue weighted by Gasteiger charge is 2.49. The molecule has 1 heterocycles. The number of carbonyl (C=O) groups is 4. The summed E-state index contributed by atoms with van der Waals surface area (Å²) in [7, 11) is 1.22. The van der Waals surface area contributed by atoms with Crippen molar-refractivity contribution < 1.29 is 33.8 Å². The summed E-state index contributed by atoms with van der Waals surface area (Å²) in [5, 5.41) is 9.27. The summed E-state index contributed by atoms with van der Waals surface area (Å²) < 4.78 is 9.32. The van der Waals surface area contributed by atoms with Crippen molar-refractivity contribution in [2.75, 3.05) is 13.7 Å². The summed E-state index contributed by atoms with van der Waals surface area (Å²) in [6.45, 7) is 3.36. The van der Waals surface area contributed by atoms with Crippen LogP contribution < -0.4 is 0 Å². The van der Waals surface area contributed by atoms with Crippen LogP contribution in [0.3, 0.4) is 0 Å². The Bertz CT molecular complexity index is 476. The molecule has 0 saturated carbocycles. The molecular formula is C14H21NO7. The Morgan fingerprint density at radius 2 is 1.91 bits per heavy atom. The number of rotatable bonds is 6. The molecule has 8 heteroatoms. The Hall–Kier alpha value is -2.12. The van der Waals surface area contributed by atoms with Crippen LogP contribution in [0.4, 0.5) is 0 Å². The van der Waals surface area contributed by atoms with Crippen molar-refractivity contribution in [2.24, 2.45) is 0 Å². The molecule has 0 aromatic heterocycles. The SMILES string of the molecule is CCOC(=O)CC(=O)N1[C@H](C(=O)O)CCC1(C)CC(=O)OC. The standard InChI is InChI=1S/C14H21NO7/c1-4-22-11(17)7-10(16)15-9(13(19)20)5-6-14(15,2)8-12(18)21-3/h9H,4-8H2,1-3H3,(H,19,20)/t9-,14?/m0/s1. The Morgan fingerprint density at radius 3 is 2.41 bits per heavy atom. The average Bonchev–Trinajstić information content (AvgIpc) is 2.76. The van der Waals surface area contributed by atoms with Gasteiger partial charge in [-0.05, 0) is 26.7 Å². The highest BCUT2D eigenvalue weighted by molar-refractivity contribution is 5.97. The monoisotopic (exact) mass is 315 g/mol. The van der Waals surface area contributed by atoms with Crippen LogP contribution in [0.1, 0.15) is 39.5 Å². The van der Waals surface area contributed by atoms with E-state index < -0.39 is 41.8 Å². The number of carboxylic acids is 1. The summed E-state index contributed by atoms with van der Waals surface area (Å²) in [6.07, 6.45) is -0.110. The van der Waals surface area contributed by atoms with Crippen LogP contribution in [0.2, 0.25) is 0 Å². The van der Waals surface area contributed by atoms with Crippen molar-refractivity contribution >= 4 is 23.8 Å². The average molecular weight is 315 g/mol. The van der Waals surface area contributed by atoms with Gasteiger partial charge in [0.25, 0.3) is 0 Å². The third-order valence-corrected chi connectivity index (χ3v) is 3.76. The van der Waals surface area contributed by atoms with Gasteiger partial charge in [-0.25, -0.2) is 4.79 Å². The molecule has 0 spiro atoms. The van der Waals surface area contributed by atoms with Crippen molar-refractivity contribution in [3.63, 3.8) is 0 Å². The fourth-order valence-electron chi connectivity index (χ4n) is 2.76. The number of nitrogens with zero attached hydrogens (tertiary/aromatic N) is 1. The van der Waals surface area contributed by atoms with Gasteiger partial charge in [-0.2, -0.15) is 0 Å². The van der Waals surface area contributed by atoms with Gasteiger partial charge in [0.2, 0.25) is 5.91 Å². The molecule has 1 aliphatic rings. The molecule has 0 radical (unpaired) electrons. The van der Waals surface area contributed by atoms with E-state index in [4.69, 9.17) is 4.74 Å². The molecule has 1 saturated heterocycles. The van der Waals surface area contributed by atoms with E-state index in [0.29, 0.717) is 6.42 Å². The number of aliphatic carboxylic acids is 1. The second kappa shape index (κ2) is 7.24. The predicted molar refractivity (Wildman–Crippen MR) is 73.8 cm³/mol. The van der Waals surface area contributed by atoms with Gasteiger partial charge in [-0.15, -0.1) is 0 Å². The minimum atomic E-state index is -1.16. The lowest BCUT2D eigenvalue weighted by Crippen LogP contribution is -2.52. The summed E-state index contributed by atoms with van der Waals surface area (Å²) in [4.78, 5) is 47.8. The molecule has 22 heavy (non-hydrogen) atoms. The molecule has 0 aliphatic carbocycles. The minimum absolute atomic E-state index is 0.123. The predicted octanol–water partition coefficient (Wildman–Crippen LogP) is 0.337. The molecule has 1 aliphatic heterocycles. The number of ether oxygens (including phenoxy) is 2. The lowest BCUT2D eigenvalue weighted by atomic mass is 9.94. The Kier molecular flexibility index (Phi) is 5.90. The van der Waals surface area contributed by atoms with Crippen LogP contribution in [-0.2, 0) is 28.7 Å². The van der Waals surface area contributed by atoms with Crippen molar-refractivity contribution in [2.45, 2.75) is 51.1 Å². The van der Waals surface area contributed by atoms with Gasteiger partial charge in [0, 0.05) is 0 Å². The molecule has 0 aromatic carbocycles. The molecule has 1 N–H and O–H groups in total. The number of amides is 1. The number of esters is 2. The van der Waals surface area contributed by atoms with E-state index in [1.807, 2.05) is 0 Å². The zero-order chi connectivity index (χ0) is 16.9. The van der Waals surface area contributed by atoms with Gasteiger partial charge in [-0.1, -0.05) is 0 Å². The van der Waals surface area contributed by atoms with Crippen molar-refractivity contribution in [3.8, 4) is 0 Å². The first-order valence-electron chi connectivity index (χ1n) is 7.02. The molecular weight excluding hydrogens is 294 g/mol. The third kappa shape index (κ3) is 3.96. The third-order valence-electron chi connectivity index (χ3n) is 3.76. The molecule has 0 bridgehead atoms. The number of methoxy groups -OCH3 is 1. The number of hydrogen-bond donors (Lipinski definition) is 1. The number of likely N-dealkylation sites (tertiary alicyclic amines) is 1. The quantitative estimate of drug-likeness (QED) is 0.555. The second-order valence-corrected chi connectivity index (χ2v) is 5.39. The lowest BCUT2D eigenvalue weighted by Gasteiger charge is -2.36. The van der Waals surface area contributed by atoms with Gasteiger partial charge in [0.05, 0.1) is 25.7 Å². The zero-order valence-corrected chi connectivity index (χ0v) is 13.0. The van der Waals surface area contributed by atoms with Crippen molar-refractivity contribution in [1.82, 2.24) is 4.90 Å². The summed E-state index contributed by atoms with van der Waals surface area (Å²) in [5.74, 6) is -3.08. The Morgan fingerprint density at radius 1 is 1.27 bits per heavy atom. The van der Waals surface area contributed by atoms with Crippen LogP contribution in [0.25, 0.3) is 0 Å². The molecule has 8 nitrogen and oxygen atoms in total. The summed E-state index contributed by atoms with van der Waals surface area (Å²) in [6, 6.07) is -1.06. The first-order valence-corrected chi connectivity index (χ1v) is 7.02. The zero-order valence-electron chi connectivity index (χ0n) is 13.0. The highest BCUT2D eigenvalue weighted by Crippen LogP contribution is 2.37. The van der Waals surface area contributed by atoms with E-state index in [9.17, 15) is 24.3 Å². The lowest BCUT2D eigenvalue weighted by molar-refractivity contribution is -0.158. The van der Waals surface area contributed by atoms with Crippen LogP contribution in [0.15, 0.2) is 0 Å². The summed E-state index contributed by atoms with van der Waals surface area (Å²) >= 11 is 0. The van der Waals surface area contributed by atoms with Gasteiger partial charge in [0.15, 0.2) is 0 Å². The van der Waals surface area contributed by atoms with E-state index >= 15 is 0 Å². The van der Waals surface area contributed by atoms with Gasteiger partial charge in [0.1, 0.15) is 12.5 Å². The van der Waals surface area contributed by atoms with Crippen LogP contribution in [0.5, 0.6) is 0 Å². The fourth-order valence-corrected chi connectivity index (χ4v) is 2.76. The maximum Gasteiger partial charge on any atom is 0.326 e. The molecule has 1 amide bonds. The first kappa shape index (κ1) is 17.9. The van der Waals surface area contributed by atoms with Crippen molar-refractivity contribution in [1.29, 1.82) is 0 Å². The van der Waals surface area contributed by atoms with Crippen molar-refractivity contribution in [3.05, 3.63) is 0 Å². The van der Waals surface area contributed by atoms with Crippen LogP contribution in [-0.4, -0.2) is 59.1 Å². The van der Waals surface area contributed by atoms with Gasteiger partial charge < -0.3 is 19.5 Å². The first-order chi connectivity index (χ1) is 10.2. The summed E-state index contributed by atoms with van der Waals surface area (Å²) in [5.41, 5.74) is -0.986. The molecule has 1 unspecified atom stereocenters. The molecule has 0 aromatic rings. The van der Waals surface area contributed by atoms with E-state index in [2.05, 4.69) is 4.74 Å². The molecule has 124 valence electrons. The van der Waals surface area contributed by atoms with E-state index in [1.165, 1.54) is 7.11 Å².